The van der Waals surface area contributed by atoms with Crippen LogP contribution >= 0.6 is 27.3 Å². The number of nitrogens with zero attached hydrogens (tertiary/aromatic N) is 2. The lowest BCUT2D eigenvalue weighted by atomic mass is 10.1. The van der Waals surface area contributed by atoms with Gasteiger partial charge in [0.15, 0.2) is 0 Å². The molecule has 1 N–H and O–H groups in total. The molecule has 0 aliphatic carbocycles. The third-order valence-electron chi connectivity index (χ3n) is 3.15. The van der Waals surface area contributed by atoms with Crippen molar-refractivity contribution in [1.29, 1.82) is 0 Å². The van der Waals surface area contributed by atoms with Crippen LogP contribution in [0.2, 0.25) is 0 Å². The van der Waals surface area contributed by atoms with Gasteiger partial charge in [-0.05, 0) is 24.6 Å². The van der Waals surface area contributed by atoms with E-state index in [9.17, 15) is 0 Å². The Hall–Kier alpha value is -1.98. The highest BCUT2D eigenvalue weighted by Crippen LogP contribution is 2.26. The van der Waals surface area contributed by atoms with E-state index < -0.39 is 0 Å². The molecule has 110 valence electrons. The fourth-order valence-electron chi connectivity index (χ4n) is 1.95. The Morgan fingerprint density at radius 3 is 2.55 bits per heavy atom. The summed E-state index contributed by atoms with van der Waals surface area (Å²) in [6.45, 7) is 1.98. The molecule has 2 aromatic carbocycles. The maximum atomic E-state index is 4.56. The number of hydrogen-bond donors (Lipinski definition) is 1. The van der Waals surface area contributed by atoms with Crippen LogP contribution in [0.5, 0.6) is 0 Å². The van der Waals surface area contributed by atoms with E-state index in [0.717, 1.165) is 32.1 Å². The van der Waals surface area contributed by atoms with Crippen molar-refractivity contribution < 1.29 is 0 Å². The van der Waals surface area contributed by atoms with E-state index in [-0.39, 0.29) is 0 Å². The van der Waals surface area contributed by atoms with Crippen LogP contribution in [0.3, 0.4) is 0 Å². The topological polar surface area (TPSA) is 37.3 Å². The van der Waals surface area contributed by atoms with Gasteiger partial charge in [0.25, 0.3) is 0 Å². The predicted molar refractivity (Wildman–Crippen MR) is 97.5 cm³/mol. The highest BCUT2D eigenvalue weighted by molar-refractivity contribution is 9.10. The Kier molecular flexibility index (Phi) is 4.65. The van der Waals surface area contributed by atoms with Gasteiger partial charge in [-0.25, -0.2) is 4.98 Å². The van der Waals surface area contributed by atoms with Crippen molar-refractivity contribution in [2.75, 3.05) is 5.43 Å². The van der Waals surface area contributed by atoms with Crippen LogP contribution in [0.25, 0.3) is 11.3 Å². The Morgan fingerprint density at radius 2 is 1.82 bits per heavy atom. The molecule has 22 heavy (non-hydrogen) atoms. The van der Waals surface area contributed by atoms with Crippen molar-refractivity contribution in [3.8, 4) is 11.3 Å². The quantitative estimate of drug-likeness (QED) is 0.491. The molecule has 0 radical (unpaired) electrons. The average Bonchev–Trinajstić information content (AvgIpc) is 3.03. The maximum Gasteiger partial charge on any atom is 0.203 e. The number of anilines is 1. The summed E-state index contributed by atoms with van der Waals surface area (Å²) in [5.41, 5.74) is 7.10. The average molecular weight is 372 g/mol. The monoisotopic (exact) mass is 371 g/mol. The summed E-state index contributed by atoms with van der Waals surface area (Å²) in [5, 5.41) is 7.20. The van der Waals surface area contributed by atoms with Crippen molar-refractivity contribution in [2.45, 2.75) is 6.92 Å². The minimum absolute atomic E-state index is 0.785. The van der Waals surface area contributed by atoms with E-state index in [2.05, 4.69) is 31.4 Å². The Morgan fingerprint density at radius 1 is 1.09 bits per heavy atom. The molecule has 0 atom stereocenters. The smallest absolute Gasteiger partial charge is 0.203 e. The zero-order chi connectivity index (χ0) is 15.4. The molecule has 0 spiro atoms. The van der Waals surface area contributed by atoms with Crippen molar-refractivity contribution in [1.82, 2.24) is 4.98 Å². The first-order valence-electron chi connectivity index (χ1n) is 6.79. The van der Waals surface area contributed by atoms with E-state index in [1.165, 1.54) is 0 Å². The SMILES string of the molecule is C/C(=N/Nc1nc(-c2ccc(Br)cc2)cs1)c1ccccc1. The Bertz CT molecular complexity index is 779. The normalized spacial score (nSPS) is 11.5. The van der Waals surface area contributed by atoms with E-state index >= 15 is 0 Å². The van der Waals surface area contributed by atoms with Gasteiger partial charge in [-0.3, -0.25) is 5.43 Å². The van der Waals surface area contributed by atoms with Crippen molar-refractivity contribution in [3.05, 3.63) is 70.0 Å². The summed E-state index contributed by atoms with van der Waals surface area (Å²) in [5.74, 6) is 0. The van der Waals surface area contributed by atoms with Crippen LogP contribution in [0, 0.1) is 0 Å². The molecule has 0 saturated heterocycles. The van der Waals surface area contributed by atoms with Gasteiger partial charge < -0.3 is 0 Å². The fourth-order valence-corrected chi connectivity index (χ4v) is 2.88. The third kappa shape index (κ3) is 3.61. The molecular weight excluding hydrogens is 358 g/mol. The zero-order valence-corrected chi connectivity index (χ0v) is 14.4. The molecule has 1 aromatic heterocycles. The maximum absolute atomic E-state index is 4.56. The minimum atomic E-state index is 0.785. The number of rotatable bonds is 4. The second kappa shape index (κ2) is 6.85. The van der Waals surface area contributed by atoms with E-state index in [0.29, 0.717) is 0 Å². The summed E-state index contributed by atoms with van der Waals surface area (Å²) in [6.07, 6.45) is 0. The number of nitrogens with one attached hydrogen (secondary N) is 1. The van der Waals surface area contributed by atoms with Gasteiger partial charge in [0.1, 0.15) is 0 Å². The molecule has 5 heteroatoms. The van der Waals surface area contributed by atoms with Crippen molar-refractivity contribution in [2.24, 2.45) is 5.10 Å². The first kappa shape index (κ1) is 14.9. The minimum Gasteiger partial charge on any atom is -0.252 e. The molecule has 3 nitrogen and oxygen atoms in total. The number of thiazole rings is 1. The molecular formula is C17H14BrN3S. The van der Waals surface area contributed by atoms with Crippen molar-refractivity contribution >= 4 is 38.1 Å². The van der Waals surface area contributed by atoms with Crippen LogP contribution in [0.1, 0.15) is 12.5 Å². The summed E-state index contributed by atoms with van der Waals surface area (Å²) >= 11 is 4.98. The fraction of sp³-hybridized carbons (Fsp3) is 0.0588. The van der Waals surface area contributed by atoms with Gasteiger partial charge in [-0.15, -0.1) is 11.3 Å². The second-order valence-electron chi connectivity index (χ2n) is 4.72. The molecule has 0 unspecified atom stereocenters. The first-order chi connectivity index (χ1) is 10.7. The highest BCUT2D eigenvalue weighted by atomic mass is 79.9. The Balaban J connectivity index is 1.73. The number of hydrazone groups is 1. The Labute approximate surface area is 141 Å². The number of hydrogen-bond acceptors (Lipinski definition) is 4. The molecule has 0 aliphatic heterocycles. The lowest BCUT2D eigenvalue weighted by Gasteiger charge is -2.00. The van der Waals surface area contributed by atoms with Crippen LogP contribution in [-0.4, -0.2) is 10.7 Å². The number of aromatic nitrogens is 1. The van der Waals surface area contributed by atoms with E-state index in [1.807, 2.05) is 66.9 Å². The molecule has 3 rings (SSSR count). The van der Waals surface area contributed by atoms with Gasteiger partial charge in [-0.2, -0.15) is 5.10 Å². The van der Waals surface area contributed by atoms with E-state index in [4.69, 9.17) is 0 Å². The van der Waals surface area contributed by atoms with Gasteiger partial charge in [-0.1, -0.05) is 58.4 Å². The molecule has 0 bridgehead atoms. The molecule has 0 fully saturated rings. The lowest BCUT2D eigenvalue weighted by molar-refractivity contribution is 1.27. The molecule has 0 saturated carbocycles. The third-order valence-corrected chi connectivity index (χ3v) is 4.43. The second-order valence-corrected chi connectivity index (χ2v) is 6.49. The first-order valence-corrected chi connectivity index (χ1v) is 8.47. The molecule has 0 aliphatic rings. The van der Waals surface area contributed by atoms with Crippen LogP contribution in [0.15, 0.2) is 69.6 Å². The molecule has 0 amide bonds. The number of benzene rings is 2. The van der Waals surface area contributed by atoms with Gasteiger partial charge in [0.2, 0.25) is 5.13 Å². The van der Waals surface area contributed by atoms with Crippen molar-refractivity contribution in [3.63, 3.8) is 0 Å². The molecule has 1 heterocycles. The summed E-state index contributed by atoms with van der Waals surface area (Å²) in [7, 11) is 0. The van der Waals surface area contributed by atoms with Crippen LogP contribution in [0.4, 0.5) is 5.13 Å². The standard InChI is InChI=1S/C17H14BrN3S/c1-12(13-5-3-2-4-6-13)20-21-17-19-16(11-22-17)14-7-9-15(18)10-8-14/h2-11H,1H3,(H,19,21)/b20-12-. The van der Waals surface area contributed by atoms with E-state index in [1.54, 1.807) is 11.3 Å². The summed E-state index contributed by atoms with van der Waals surface area (Å²) < 4.78 is 1.06. The summed E-state index contributed by atoms with van der Waals surface area (Å²) in [4.78, 5) is 4.56. The lowest BCUT2D eigenvalue weighted by Crippen LogP contribution is -1.99. The van der Waals surface area contributed by atoms with Gasteiger partial charge in [0.05, 0.1) is 11.4 Å². The van der Waals surface area contributed by atoms with Crippen LogP contribution < -0.4 is 5.43 Å². The number of halogens is 1. The van der Waals surface area contributed by atoms with Gasteiger partial charge >= 0.3 is 0 Å². The highest BCUT2D eigenvalue weighted by Gasteiger charge is 2.04. The zero-order valence-electron chi connectivity index (χ0n) is 12.0. The van der Waals surface area contributed by atoms with Gasteiger partial charge in [0, 0.05) is 15.4 Å². The van der Waals surface area contributed by atoms with Crippen LogP contribution in [-0.2, 0) is 0 Å². The largest absolute Gasteiger partial charge is 0.252 e. The summed E-state index contributed by atoms with van der Waals surface area (Å²) in [6, 6.07) is 18.2. The predicted octanol–water partition coefficient (Wildman–Crippen LogP) is 5.41. The molecule has 3 aromatic rings.